The lowest BCUT2D eigenvalue weighted by atomic mass is 10.2. The Labute approximate surface area is 152 Å². The predicted octanol–water partition coefficient (Wildman–Crippen LogP) is 1.04. The molecule has 0 bridgehead atoms. The molecule has 0 aliphatic carbocycles. The van der Waals surface area contributed by atoms with Crippen LogP contribution in [0.3, 0.4) is 0 Å². The first-order chi connectivity index (χ1) is 11.7. The van der Waals surface area contributed by atoms with Gasteiger partial charge in [0.05, 0.1) is 16.5 Å². The summed E-state index contributed by atoms with van der Waals surface area (Å²) in [6, 6.07) is 3.62. The summed E-state index contributed by atoms with van der Waals surface area (Å²) < 4.78 is 49.7. The van der Waals surface area contributed by atoms with E-state index >= 15 is 0 Å². The zero-order valence-electron chi connectivity index (χ0n) is 13.4. The van der Waals surface area contributed by atoms with E-state index in [2.05, 4.69) is 5.32 Å². The molecule has 0 saturated carbocycles. The third kappa shape index (κ3) is 3.99. The lowest BCUT2D eigenvalue weighted by Gasteiger charge is -2.17. The minimum absolute atomic E-state index is 0.0488. The smallest absolute Gasteiger partial charge is 0.251 e. The molecule has 7 nitrogen and oxygen atoms in total. The summed E-state index contributed by atoms with van der Waals surface area (Å²) in [7, 11) is -6.86. The summed E-state index contributed by atoms with van der Waals surface area (Å²) in [5, 5.41) is 2.71. The molecule has 3 rings (SSSR count). The van der Waals surface area contributed by atoms with Crippen LogP contribution >= 0.6 is 11.6 Å². The van der Waals surface area contributed by atoms with Crippen molar-refractivity contribution in [1.29, 1.82) is 0 Å². The Morgan fingerprint density at radius 1 is 1.24 bits per heavy atom. The van der Waals surface area contributed by atoms with Crippen LogP contribution in [0.15, 0.2) is 23.1 Å². The van der Waals surface area contributed by atoms with Crippen molar-refractivity contribution >= 4 is 37.4 Å². The van der Waals surface area contributed by atoms with Crippen LogP contribution < -0.4 is 5.32 Å². The third-order valence-electron chi connectivity index (χ3n) is 4.44. The van der Waals surface area contributed by atoms with Crippen molar-refractivity contribution in [2.75, 3.05) is 24.6 Å². The molecule has 1 aromatic rings. The zero-order valence-corrected chi connectivity index (χ0v) is 15.8. The average Bonchev–Trinajstić information content (AvgIpc) is 3.17. The summed E-state index contributed by atoms with van der Waals surface area (Å²) in [5.41, 5.74) is 0.145. The first kappa shape index (κ1) is 18.6. The van der Waals surface area contributed by atoms with E-state index < -0.39 is 31.8 Å². The van der Waals surface area contributed by atoms with Gasteiger partial charge in [-0.3, -0.25) is 4.79 Å². The van der Waals surface area contributed by atoms with Crippen molar-refractivity contribution in [2.24, 2.45) is 0 Å². The summed E-state index contributed by atoms with van der Waals surface area (Å²) in [5.74, 6) is -0.546. The fourth-order valence-corrected chi connectivity index (χ4v) is 6.78. The maximum absolute atomic E-state index is 12.7. The predicted molar refractivity (Wildman–Crippen MR) is 94.0 cm³/mol. The number of sulfonamides is 1. The van der Waals surface area contributed by atoms with Crippen LogP contribution in [0.1, 0.15) is 29.6 Å². The molecule has 10 heteroatoms. The van der Waals surface area contributed by atoms with E-state index in [1.807, 2.05) is 0 Å². The molecule has 2 heterocycles. The van der Waals surface area contributed by atoms with Gasteiger partial charge in [0.2, 0.25) is 10.0 Å². The van der Waals surface area contributed by atoms with Crippen molar-refractivity contribution < 1.29 is 21.6 Å². The molecular weight excluding hydrogens is 388 g/mol. The van der Waals surface area contributed by atoms with Crippen molar-refractivity contribution in [3.8, 4) is 0 Å². The van der Waals surface area contributed by atoms with Crippen LogP contribution in [0.5, 0.6) is 0 Å². The highest BCUT2D eigenvalue weighted by Crippen LogP contribution is 2.28. The van der Waals surface area contributed by atoms with Gasteiger partial charge in [-0.1, -0.05) is 11.6 Å². The average molecular weight is 407 g/mol. The Hall–Kier alpha value is -1.16. The topological polar surface area (TPSA) is 101 Å². The van der Waals surface area contributed by atoms with E-state index in [0.717, 1.165) is 12.8 Å². The fourth-order valence-electron chi connectivity index (χ4n) is 3.09. The van der Waals surface area contributed by atoms with Gasteiger partial charge in [0.1, 0.15) is 4.90 Å². The Balaban J connectivity index is 1.83. The Morgan fingerprint density at radius 3 is 2.52 bits per heavy atom. The Morgan fingerprint density at radius 2 is 1.92 bits per heavy atom. The lowest BCUT2D eigenvalue weighted by Crippen LogP contribution is -2.35. The molecule has 1 atom stereocenters. The van der Waals surface area contributed by atoms with Gasteiger partial charge in [-0.15, -0.1) is 0 Å². The SMILES string of the molecule is O=C(N[C@@H]1CCS(=O)(=O)C1)c1ccc(Cl)c(S(=O)(=O)N2CCCC2)c1. The Kier molecular flexibility index (Phi) is 5.11. The maximum atomic E-state index is 12.7. The summed E-state index contributed by atoms with van der Waals surface area (Å²) in [6.07, 6.45) is 1.96. The highest BCUT2D eigenvalue weighted by atomic mass is 35.5. The van der Waals surface area contributed by atoms with Gasteiger partial charge in [0.15, 0.2) is 9.84 Å². The van der Waals surface area contributed by atoms with Gasteiger partial charge in [-0.2, -0.15) is 4.31 Å². The molecule has 138 valence electrons. The number of nitrogens with zero attached hydrogens (tertiary/aromatic N) is 1. The van der Waals surface area contributed by atoms with Crippen molar-refractivity contribution in [3.63, 3.8) is 0 Å². The molecule has 2 aliphatic heterocycles. The van der Waals surface area contributed by atoms with Gasteiger partial charge in [-0.05, 0) is 37.5 Å². The molecule has 1 amide bonds. The highest BCUT2D eigenvalue weighted by molar-refractivity contribution is 7.91. The molecule has 0 unspecified atom stereocenters. The summed E-state index contributed by atoms with van der Waals surface area (Å²) in [4.78, 5) is 12.3. The number of halogens is 1. The number of sulfone groups is 1. The van der Waals surface area contributed by atoms with Gasteiger partial charge in [0, 0.05) is 24.7 Å². The van der Waals surface area contributed by atoms with Crippen molar-refractivity contribution in [1.82, 2.24) is 9.62 Å². The zero-order chi connectivity index (χ0) is 18.2. The van der Waals surface area contributed by atoms with Crippen LogP contribution in [-0.2, 0) is 19.9 Å². The van der Waals surface area contributed by atoms with E-state index in [1.54, 1.807) is 0 Å². The van der Waals surface area contributed by atoms with E-state index in [1.165, 1.54) is 22.5 Å². The number of hydrogen-bond donors (Lipinski definition) is 1. The molecule has 2 saturated heterocycles. The van der Waals surface area contributed by atoms with Gasteiger partial charge < -0.3 is 5.32 Å². The van der Waals surface area contributed by atoms with Crippen LogP contribution in [0.25, 0.3) is 0 Å². The molecular formula is C15H19ClN2O5S2. The molecule has 25 heavy (non-hydrogen) atoms. The van der Waals surface area contributed by atoms with E-state index in [0.29, 0.717) is 19.5 Å². The number of nitrogens with one attached hydrogen (secondary N) is 1. The van der Waals surface area contributed by atoms with Crippen LogP contribution in [0.4, 0.5) is 0 Å². The number of rotatable bonds is 4. The number of carbonyl (C=O) groups excluding carboxylic acids is 1. The van der Waals surface area contributed by atoms with Gasteiger partial charge >= 0.3 is 0 Å². The van der Waals surface area contributed by atoms with Crippen LogP contribution in [0, 0.1) is 0 Å². The minimum atomic E-state index is -3.75. The molecule has 0 aromatic heterocycles. The Bertz CT molecular complexity index is 892. The standard InChI is InChI=1S/C15H19ClN2O5S2/c16-13-4-3-11(15(19)17-12-5-8-24(20,21)10-12)9-14(13)25(22,23)18-6-1-2-7-18/h3-4,9,12H,1-2,5-8,10H2,(H,17,19)/t12-/m1/s1. The monoisotopic (exact) mass is 406 g/mol. The largest absolute Gasteiger partial charge is 0.348 e. The second-order valence-electron chi connectivity index (χ2n) is 6.33. The van der Waals surface area contributed by atoms with Gasteiger partial charge in [-0.25, -0.2) is 16.8 Å². The number of hydrogen-bond acceptors (Lipinski definition) is 5. The van der Waals surface area contributed by atoms with E-state index in [4.69, 9.17) is 11.6 Å². The minimum Gasteiger partial charge on any atom is -0.348 e. The van der Waals surface area contributed by atoms with E-state index in [9.17, 15) is 21.6 Å². The van der Waals surface area contributed by atoms with Crippen molar-refractivity contribution in [2.45, 2.75) is 30.2 Å². The molecule has 0 radical (unpaired) electrons. The third-order valence-corrected chi connectivity index (χ3v) is 8.59. The first-order valence-corrected chi connectivity index (χ1v) is 11.6. The number of benzene rings is 1. The summed E-state index contributed by atoms with van der Waals surface area (Å²) in [6.45, 7) is 0.879. The van der Waals surface area contributed by atoms with Crippen molar-refractivity contribution in [3.05, 3.63) is 28.8 Å². The number of carbonyl (C=O) groups is 1. The molecule has 2 fully saturated rings. The fraction of sp³-hybridized carbons (Fsp3) is 0.533. The van der Waals surface area contributed by atoms with Crippen LogP contribution in [0.2, 0.25) is 5.02 Å². The molecule has 1 N–H and O–H groups in total. The molecule has 0 spiro atoms. The second kappa shape index (κ2) is 6.86. The highest BCUT2D eigenvalue weighted by Gasteiger charge is 2.31. The second-order valence-corrected chi connectivity index (χ2v) is 10.9. The molecule has 1 aromatic carbocycles. The van der Waals surface area contributed by atoms with E-state index in [-0.39, 0.29) is 27.0 Å². The van der Waals surface area contributed by atoms with Crippen LogP contribution in [-0.4, -0.2) is 57.7 Å². The molecule has 2 aliphatic rings. The lowest BCUT2D eigenvalue weighted by molar-refractivity contribution is 0.0941. The number of amides is 1. The quantitative estimate of drug-likeness (QED) is 0.805. The normalized spacial score (nSPS) is 23.6. The van der Waals surface area contributed by atoms with Gasteiger partial charge in [0.25, 0.3) is 5.91 Å². The summed E-state index contributed by atoms with van der Waals surface area (Å²) >= 11 is 6.05. The maximum Gasteiger partial charge on any atom is 0.251 e. The first-order valence-electron chi connectivity index (χ1n) is 8.00.